The zero-order chi connectivity index (χ0) is 19.6. The molecule has 1 aromatic rings. The van der Waals surface area contributed by atoms with Gasteiger partial charge in [-0.25, -0.2) is 0 Å². The standard InChI is InChI=1S/C22H29NO3S2/c1-23-10-9-20-14-22(27-11-4-12-28-22)17(26-3)13-21(20,23)8-7-15-5-6-16(25-2)19(24)18(15)20/h5-6,13,24H,4,7-12,14H2,1-3H3/t20-,21+/m0/s1. The van der Waals surface area contributed by atoms with Gasteiger partial charge in [-0.2, -0.15) is 0 Å². The fourth-order valence-corrected chi connectivity index (χ4v) is 9.77. The number of likely N-dealkylation sites (tertiary alicyclic amines) is 1. The number of hydrogen-bond donors (Lipinski definition) is 1. The minimum absolute atomic E-state index is 0.0498. The second-order valence-electron chi connectivity index (χ2n) is 8.52. The van der Waals surface area contributed by atoms with Gasteiger partial charge in [0.25, 0.3) is 0 Å². The molecule has 0 saturated carbocycles. The van der Waals surface area contributed by atoms with Crippen LogP contribution in [0.2, 0.25) is 0 Å². The number of aromatic hydroxyl groups is 1. The lowest BCUT2D eigenvalue weighted by Crippen LogP contribution is -2.61. The van der Waals surface area contributed by atoms with Crippen LogP contribution in [0.5, 0.6) is 11.5 Å². The Balaban J connectivity index is 1.78. The molecule has 1 spiro atoms. The lowest BCUT2D eigenvalue weighted by Gasteiger charge is -2.58. The van der Waals surface area contributed by atoms with Crippen molar-refractivity contribution >= 4 is 23.5 Å². The summed E-state index contributed by atoms with van der Waals surface area (Å²) in [6, 6.07) is 4.10. The number of phenols is 1. The van der Waals surface area contributed by atoms with Crippen molar-refractivity contribution in [2.45, 2.75) is 47.1 Å². The number of phenolic OH excluding ortho intramolecular Hbond substituents is 1. The van der Waals surface area contributed by atoms with Crippen LogP contribution < -0.4 is 4.74 Å². The molecule has 0 amide bonds. The monoisotopic (exact) mass is 419 g/mol. The summed E-state index contributed by atoms with van der Waals surface area (Å²) in [5, 5.41) is 11.3. The molecule has 2 fully saturated rings. The molecule has 2 aliphatic carbocycles. The molecule has 2 saturated heterocycles. The van der Waals surface area contributed by atoms with Crippen LogP contribution in [0.3, 0.4) is 0 Å². The fourth-order valence-electron chi connectivity index (χ4n) is 6.25. The molecular weight excluding hydrogens is 390 g/mol. The molecule has 2 atom stereocenters. The average molecular weight is 420 g/mol. The molecule has 1 N–H and O–H groups in total. The third-order valence-corrected chi connectivity index (χ3v) is 10.9. The van der Waals surface area contributed by atoms with Gasteiger partial charge in [-0.1, -0.05) is 6.07 Å². The summed E-state index contributed by atoms with van der Waals surface area (Å²) in [6.45, 7) is 1.04. The molecule has 6 heteroatoms. The summed E-state index contributed by atoms with van der Waals surface area (Å²) in [5.41, 5.74) is 2.23. The predicted molar refractivity (Wildman–Crippen MR) is 117 cm³/mol. The molecule has 0 bridgehead atoms. The molecule has 152 valence electrons. The molecule has 2 heterocycles. The molecule has 4 aliphatic rings. The summed E-state index contributed by atoms with van der Waals surface area (Å²) in [6.07, 6.45) is 7.80. The van der Waals surface area contributed by atoms with E-state index in [9.17, 15) is 5.11 Å². The zero-order valence-electron chi connectivity index (χ0n) is 16.9. The Hall–Kier alpha value is -0.980. The van der Waals surface area contributed by atoms with Crippen molar-refractivity contribution in [2.75, 3.05) is 39.3 Å². The molecule has 1 aromatic carbocycles. The highest BCUT2D eigenvalue weighted by Gasteiger charge is 2.67. The number of aryl methyl sites for hydroxylation is 1. The molecule has 28 heavy (non-hydrogen) atoms. The molecule has 0 radical (unpaired) electrons. The highest BCUT2D eigenvalue weighted by atomic mass is 32.2. The van der Waals surface area contributed by atoms with Crippen molar-refractivity contribution in [3.8, 4) is 11.5 Å². The number of rotatable bonds is 2. The lowest BCUT2D eigenvalue weighted by molar-refractivity contribution is 0.0955. The number of thioether (sulfide) groups is 2. The van der Waals surface area contributed by atoms with E-state index < -0.39 is 0 Å². The van der Waals surface area contributed by atoms with Crippen LogP contribution >= 0.6 is 23.5 Å². The Morgan fingerprint density at radius 2 is 1.89 bits per heavy atom. The van der Waals surface area contributed by atoms with Gasteiger partial charge in [0, 0.05) is 11.0 Å². The largest absolute Gasteiger partial charge is 0.504 e. The molecular formula is C22H29NO3S2. The Labute approximate surface area is 176 Å². The molecule has 4 nitrogen and oxygen atoms in total. The fraction of sp³-hybridized carbons (Fsp3) is 0.636. The SMILES string of the molecule is COC1=C[C@]23CCc4ccc(OC)c(O)c4[C@]2(CCN3C)CC12SCCCS2. The number of nitrogens with zero attached hydrogens (tertiary/aromatic N) is 1. The Kier molecular flexibility index (Phi) is 4.42. The third-order valence-electron chi connectivity index (χ3n) is 7.54. The number of likely N-dealkylation sites (N-methyl/N-ethyl adjacent to an activating group) is 1. The number of ether oxygens (including phenoxy) is 2. The van der Waals surface area contributed by atoms with E-state index in [1.165, 1.54) is 23.5 Å². The van der Waals surface area contributed by atoms with E-state index >= 15 is 0 Å². The van der Waals surface area contributed by atoms with Gasteiger partial charge >= 0.3 is 0 Å². The van der Waals surface area contributed by atoms with Crippen LogP contribution in [-0.4, -0.2) is 58.9 Å². The number of methoxy groups -OCH3 is 2. The average Bonchev–Trinajstić information content (AvgIpc) is 3.00. The first-order valence-electron chi connectivity index (χ1n) is 10.2. The second kappa shape index (κ2) is 6.51. The molecule has 2 aliphatic heterocycles. The topological polar surface area (TPSA) is 41.9 Å². The first-order valence-corrected chi connectivity index (χ1v) is 12.1. The predicted octanol–water partition coefficient (Wildman–Crippen LogP) is 4.16. The summed E-state index contributed by atoms with van der Waals surface area (Å²) < 4.78 is 11.5. The van der Waals surface area contributed by atoms with Crippen LogP contribution in [0.4, 0.5) is 0 Å². The van der Waals surface area contributed by atoms with Crippen molar-refractivity contribution < 1.29 is 14.6 Å². The van der Waals surface area contributed by atoms with Gasteiger partial charge in [-0.15, -0.1) is 23.5 Å². The maximum Gasteiger partial charge on any atom is 0.161 e. The van der Waals surface area contributed by atoms with E-state index in [4.69, 9.17) is 9.47 Å². The van der Waals surface area contributed by atoms with Gasteiger partial charge in [-0.3, -0.25) is 4.90 Å². The second-order valence-corrected chi connectivity index (χ2v) is 11.6. The quantitative estimate of drug-likeness (QED) is 0.776. The van der Waals surface area contributed by atoms with Gasteiger partial charge in [0.15, 0.2) is 11.5 Å². The van der Waals surface area contributed by atoms with E-state index in [-0.39, 0.29) is 15.0 Å². The Morgan fingerprint density at radius 1 is 1.11 bits per heavy atom. The van der Waals surface area contributed by atoms with E-state index in [1.54, 1.807) is 7.11 Å². The minimum atomic E-state index is -0.104. The summed E-state index contributed by atoms with van der Waals surface area (Å²) in [4.78, 5) is 2.51. The van der Waals surface area contributed by atoms with Crippen LogP contribution in [-0.2, 0) is 16.6 Å². The van der Waals surface area contributed by atoms with Crippen molar-refractivity contribution in [3.05, 3.63) is 35.1 Å². The van der Waals surface area contributed by atoms with E-state index in [2.05, 4.69) is 24.1 Å². The molecule has 0 unspecified atom stereocenters. The van der Waals surface area contributed by atoms with Crippen LogP contribution in [0.1, 0.15) is 36.8 Å². The van der Waals surface area contributed by atoms with E-state index in [1.807, 2.05) is 36.7 Å². The molecule has 5 rings (SSSR count). The minimum Gasteiger partial charge on any atom is -0.504 e. The van der Waals surface area contributed by atoms with Gasteiger partial charge in [-0.05, 0) is 74.9 Å². The maximum absolute atomic E-state index is 11.3. The van der Waals surface area contributed by atoms with Crippen molar-refractivity contribution in [1.29, 1.82) is 0 Å². The van der Waals surface area contributed by atoms with Gasteiger partial charge in [0.2, 0.25) is 0 Å². The van der Waals surface area contributed by atoms with Crippen LogP contribution in [0.15, 0.2) is 24.0 Å². The van der Waals surface area contributed by atoms with Crippen LogP contribution in [0.25, 0.3) is 0 Å². The zero-order valence-corrected chi connectivity index (χ0v) is 18.5. The number of benzene rings is 1. The van der Waals surface area contributed by atoms with Gasteiger partial charge in [0.05, 0.1) is 19.8 Å². The Bertz CT molecular complexity index is 835. The molecule has 0 aromatic heterocycles. The first-order chi connectivity index (χ1) is 13.5. The highest BCUT2D eigenvalue weighted by Crippen LogP contribution is 2.68. The van der Waals surface area contributed by atoms with Crippen molar-refractivity contribution in [2.24, 2.45) is 0 Å². The van der Waals surface area contributed by atoms with Crippen LogP contribution in [0, 0.1) is 0 Å². The van der Waals surface area contributed by atoms with Crippen molar-refractivity contribution in [1.82, 2.24) is 4.90 Å². The lowest BCUT2D eigenvalue weighted by atomic mass is 9.54. The van der Waals surface area contributed by atoms with E-state index in [0.717, 1.165) is 43.6 Å². The van der Waals surface area contributed by atoms with Gasteiger partial charge in [0.1, 0.15) is 9.84 Å². The summed E-state index contributed by atoms with van der Waals surface area (Å²) in [5.74, 6) is 4.43. The van der Waals surface area contributed by atoms with Crippen molar-refractivity contribution in [3.63, 3.8) is 0 Å². The smallest absolute Gasteiger partial charge is 0.161 e. The highest BCUT2D eigenvalue weighted by molar-refractivity contribution is 8.19. The van der Waals surface area contributed by atoms with E-state index in [0.29, 0.717) is 11.5 Å². The first kappa shape index (κ1) is 19.0. The number of fused-ring (bicyclic) bond motifs is 1. The third kappa shape index (κ3) is 2.25. The summed E-state index contributed by atoms with van der Waals surface area (Å²) in [7, 11) is 5.72. The normalized spacial score (nSPS) is 33.6. The number of hydrogen-bond acceptors (Lipinski definition) is 6. The maximum atomic E-state index is 11.3. The Morgan fingerprint density at radius 3 is 2.61 bits per heavy atom. The van der Waals surface area contributed by atoms with Gasteiger partial charge < -0.3 is 14.6 Å². The summed E-state index contributed by atoms with van der Waals surface area (Å²) >= 11 is 4.09.